The van der Waals surface area contributed by atoms with E-state index in [1.54, 1.807) is 0 Å². The highest BCUT2D eigenvalue weighted by Gasteiger charge is 2.70. The van der Waals surface area contributed by atoms with Gasteiger partial charge in [0.1, 0.15) is 0 Å². The minimum absolute atomic E-state index is 0.250. The molecule has 6 saturated carbocycles. The second kappa shape index (κ2) is 6.75. The second-order valence-corrected chi connectivity index (χ2v) is 11.9. The van der Waals surface area contributed by atoms with Crippen LogP contribution in [0.3, 0.4) is 0 Å². The maximum absolute atomic E-state index is 11.1. The Balaban J connectivity index is 0.000000185. The van der Waals surface area contributed by atoms with E-state index in [-0.39, 0.29) is 17.1 Å². The molecule has 0 atom stereocenters. The Kier molecular flexibility index (Phi) is 5.94. The Hall–Kier alpha value is -0.940. The molecule has 6 rings (SSSR count). The molecule has 8 heteroatoms. The Bertz CT molecular complexity index is 603. The van der Waals surface area contributed by atoms with Gasteiger partial charge in [0.15, 0.2) is 9.84 Å². The topological polar surface area (TPSA) is 102 Å². The summed E-state index contributed by atoms with van der Waals surface area (Å²) in [5, 5.41) is 0. The third-order valence-electron chi connectivity index (χ3n) is 5.71. The molecule has 6 aliphatic carbocycles. The Morgan fingerprint density at radius 3 is 1.17 bits per heavy atom. The van der Waals surface area contributed by atoms with Crippen molar-refractivity contribution in [3.8, 4) is 0 Å². The summed E-state index contributed by atoms with van der Waals surface area (Å²) < 4.78 is 22.8. The zero-order chi connectivity index (χ0) is 18.9. The van der Waals surface area contributed by atoms with E-state index in [2.05, 4.69) is 31.9 Å². The van der Waals surface area contributed by atoms with Crippen LogP contribution in [0.5, 0.6) is 0 Å². The molecule has 0 aromatic rings. The summed E-state index contributed by atoms with van der Waals surface area (Å²) in [6.07, 6.45) is 11.4. The van der Waals surface area contributed by atoms with E-state index < -0.39 is 9.84 Å². The molecule has 0 amide bonds. The van der Waals surface area contributed by atoms with Gasteiger partial charge in [0.05, 0.1) is 4.75 Å². The van der Waals surface area contributed by atoms with E-state index in [1.165, 1.54) is 25.5 Å². The first-order valence-corrected chi connectivity index (χ1v) is 10.7. The maximum Gasteiger partial charge on any atom is 0.373 e. The lowest BCUT2D eigenvalue weighted by atomic mass is 9.45. The molecule has 0 unspecified atom stereocenters. The molecule has 0 aromatic heterocycles. The molecule has 0 spiro atoms. The van der Waals surface area contributed by atoms with E-state index in [0.29, 0.717) is 5.41 Å². The van der Waals surface area contributed by atoms with Gasteiger partial charge >= 0.3 is 12.3 Å². The zero-order valence-electron chi connectivity index (χ0n) is 14.5. The lowest BCUT2D eigenvalue weighted by molar-refractivity contribution is -0.193. The van der Waals surface area contributed by atoms with Crippen molar-refractivity contribution in [3.05, 3.63) is 0 Å². The first-order valence-electron chi connectivity index (χ1n) is 7.62. The van der Waals surface area contributed by atoms with Gasteiger partial charge in [-0.05, 0) is 55.6 Å². The van der Waals surface area contributed by atoms with Crippen LogP contribution >= 0.6 is 11.8 Å². The molecule has 0 aliphatic heterocycles. The molecule has 6 aliphatic rings. The van der Waals surface area contributed by atoms with E-state index in [0.717, 1.165) is 29.4 Å². The Morgan fingerprint density at radius 2 is 1.08 bits per heavy atom. The number of hydrogen-bond acceptors (Lipinski definition) is 7. The molecule has 24 heavy (non-hydrogen) atoms. The molecule has 136 valence electrons. The van der Waals surface area contributed by atoms with E-state index in [4.69, 9.17) is 19.2 Å². The fourth-order valence-electron chi connectivity index (χ4n) is 4.97. The summed E-state index contributed by atoms with van der Waals surface area (Å²) in [5.74, 6) is 0. The van der Waals surface area contributed by atoms with E-state index >= 15 is 0 Å². The smallest absolute Gasteiger partial charge is 0.229 e. The third-order valence-corrected chi connectivity index (χ3v) is 9.02. The number of hydrogen-bond donors (Lipinski definition) is 0. The van der Waals surface area contributed by atoms with Gasteiger partial charge in [-0.25, -0.2) is 8.42 Å². The summed E-state index contributed by atoms with van der Waals surface area (Å²) in [6.45, 7) is 4.57. The number of rotatable bonds is 2. The van der Waals surface area contributed by atoms with Gasteiger partial charge in [0.25, 0.3) is 0 Å². The van der Waals surface area contributed by atoms with E-state index in [9.17, 15) is 8.42 Å². The van der Waals surface area contributed by atoms with Crippen molar-refractivity contribution < 1.29 is 27.6 Å². The highest BCUT2D eigenvalue weighted by Crippen LogP contribution is 2.72. The van der Waals surface area contributed by atoms with Crippen LogP contribution in [-0.4, -0.2) is 42.7 Å². The van der Waals surface area contributed by atoms with Crippen molar-refractivity contribution in [2.24, 2.45) is 10.8 Å². The Morgan fingerprint density at radius 1 is 0.792 bits per heavy atom. The summed E-state index contributed by atoms with van der Waals surface area (Å²) in [5.41, 5.74) is 1.21. The average Bonchev–Trinajstić information content (AvgIpc) is 2.30. The maximum atomic E-state index is 11.1. The monoisotopic (exact) mass is 376 g/mol. The van der Waals surface area contributed by atoms with E-state index in [1.807, 2.05) is 0 Å². The largest absolute Gasteiger partial charge is 0.373 e. The van der Waals surface area contributed by atoms with Crippen LogP contribution in [0.1, 0.15) is 52.4 Å². The van der Waals surface area contributed by atoms with Crippen LogP contribution in [0.4, 0.5) is 0 Å². The number of sulfone groups is 1. The van der Waals surface area contributed by atoms with Gasteiger partial charge in [-0.2, -0.15) is 30.9 Å². The Labute approximate surface area is 147 Å². The third kappa shape index (κ3) is 3.83. The summed E-state index contributed by atoms with van der Waals surface area (Å²) in [7, 11) is -2.74. The van der Waals surface area contributed by atoms with Gasteiger partial charge in [-0.15, -0.1) is 0 Å². The van der Waals surface area contributed by atoms with Gasteiger partial charge in [-0.3, -0.25) is 0 Å². The average molecular weight is 376 g/mol. The summed E-state index contributed by atoms with van der Waals surface area (Å²) in [6, 6.07) is 0. The molecular formula is C16H24O6S2. The molecule has 0 radical (unpaired) electrons. The van der Waals surface area contributed by atoms with Crippen molar-refractivity contribution in [1.82, 2.24) is 0 Å². The van der Waals surface area contributed by atoms with Crippen molar-refractivity contribution in [3.63, 3.8) is 0 Å². The number of carbonyl (C=O) groups excluding carboxylic acids is 4. The number of thioether (sulfide) groups is 1. The normalized spacial score (nSPS) is 41.8. The first-order chi connectivity index (χ1) is 10.9. The molecule has 6 nitrogen and oxygen atoms in total. The quantitative estimate of drug-likeness (QED) is 0.727. The van der Waals surface area contributed by atoms with Gasteiger partial charge in [0, 0.05) is 11.0 Å². The SMILES string of the molecule is CC12CC(S(C)(=O)=O)(C1)C2.CSC12CC(C)(C1)C2.O=C=O.O=C=O. The van der Waals surface area contributed by atoms with Crippen LogP contribution in [-0.2, 0) is 29.0 Å². The molecule has 0 saturated heterocycles. The minimum Gasteiger partial charge on any atom is -0.229 e. The molecule has 4 bridgehead atoms. The highest BCUT2D eigenvalue weighted by atomic mass is 32.2. The van der Waals surface area contributed by atoms with Crippen molar-refractivity contribution in [2.45, 2.75) is 61.9 Å². The van der Waals surface area contributed by atoms with Gasteiger partial charge in [0.2, 0.25) is 0 Å². The molecular weight excluding hydrogens is 352 g/mol. The minimum atomic E-state index is -2.74. The van der Waals surface area contributed by atoms with Gasteiger partial charge < -0.3 is 0 Å². The first kappa shape index (κ1) is 21.1. The fourth-order valence-corrected chi connectivity index (χ4v) is 8.28. The predicted octanol–water partition coefficient (Wildman–Crippen LogP) is 2.10. The van der Waals surface area contributed by atoms with Crippen molar-refractivity contribution in [1.29, 1.82) is 0 Å². The molecule has 6 fully saturated rings. The standard InChI is InChI=1S/C7H12O2S.C7H12S.2CO2/c1-6-3-7(4-6,5-6)10(2,8)9;1-6-3-7(4-6,5-6)8-2;2*2-1-3/h3-5H2,1-2H3;3-5H2,1-2H3;;. The van der Waals surface area contributed by atoms with Crippen LogP contribution in [0.2, 0.25) is 0 Å². The fraction of sp³-hybridized carbons (Fsp3) is 0.875. The van der Waals surface area contributed by atoms with Crippen LogP contribution in [0.15, 0.2) is 0 Å². The van der Waals surface area contributed by atoms with Crippen molar-refractivity contribution in [2.75, 3.05) is 12.5 Å². The lowest BCUT2D eigenvalue weighted by Crippen LogP contribution is -2.68. The van der Waals surface area contributed by atoms with Crippen LogP contribution in [0.25, 0.3) is 0 Å². The van der Waals surface area contributed by atoms with Gasteiger partial charge in [-0.1, -0.05) is 13.8 Å². The zero-order valence-corrected chi connectivity index (χ0v) is 16.1. The van der Waals surface area contributed by atoms with Crippen LogP contribution in [0, 0.1) is 10.8 Å². The highest BCUT2D eigenvalue weighted by molar-refractivity contribution is 8.00. The second-order valence-electron chi connectivity index (χ2n) is 8.19. The molecule has 0 aromatic carbocycles. The molecule has 0 N–H and O–H groups in total. The summed E-state index contributed by atoms with van der Waals surface area (Å²) in [4.78, 5) is 32.5. The van der Waals surface area contributed by atoms with Crippen molar-refractivity contribution >= 4 is 33.9 Å². The molecule has 0 heterocycles. The summed E-state index contributed by atoms with van der Waals surface area (Å²) >= 11 is 2.08. The predicted molar refractivity (Wildman–Crippen MR) is 87.8 cm³/mol. The van der Waals surface area contributed by atoms with Crippen LogP contribution < -0.4 is 0 Å². The lowest BCUT2D eigenvalue weighted by Gasteiger charge is -2.69.